The van der Waals surface area contributed by atoms with Crippen molar-refractivity contribution in [3.05, 3.63) is 0 Å². The van der Waals surface area contributed by atoms with Crippen molar-refractivity contribution in [2.75, 3.05) is 6.61 Å². The lowest BCUT2D eigenvalue weighted by Gasteiger charge is -2.34. The number of carbonyl (C=O) groups is 1. The van der Waals surface area contributed by atoms with Crippen LogP contribution in [0, 0.1) is 0 Å². The molecule has 4 nitrogen and oxygen atoms in total. The van der Waals surface area contributed by atoms with Gasteiger partial charge in [0.25, 0.3) is 0 Å². The van der Waals surface area contributed by atoms with Crippen molar-refractivity contribution in [1.29, 1.82) is 0 Å². The molecule has 0 aromatic rings. The molecule has 1 aliphatic heterocycles. The van der Waals surface area contributed by atoms with Gasteiger partial charge in [0.2, 0.25) is 0 Å². The smallest absolute Gasteiger partial charge is 0.304 e. The first kappa shape index (κ1) is 9.83. The monoisotopic (exact) mass is 191 g/mol. The van der Waals surface area contributed by atoms with Gasteiger partial charge < -0.3 is 15.6 Å². The summed E-state index contributed by atoms with van der Waals surface area (Å²) in [6, 6.07) is 0. The summed E-state index contributed by atoms with van der Waals surface area (Å²) in [6.45, 7) is 0.498. The molecule has 0 aromatic heterocycles. The number of carboxylic acids is 1. The van der Waals surface area contributed by atoms with E-state index < -0.39 is 10.7 Å². The molecule has 1 saturated heterocycles. The average molecular weight is 191 g/mol. The van der Waals surface area contributed by atoms with Gasteiger partial charge in [-0.05, 0) is 6.42 Å². The van der Waals surface area contributed by atoms with Crippen molar-refractivity contribution in [3.8, 4) is 0 Å². The Morgan fingerprint density at radius 2 is 2.50 bits per heavy atom. The summed E-state index contributed by atoms with van der Waals surface area (Å²) in [7, 11) is 0. The highest BCUT2D eigenvalue weighted by molar-refractivity contribution is 7.81. The highest BCUT2D eigenvalue weighted by Gasteiger charge is 2.34. The molecule has 12 heavy (non-hydrogen) atoms. The zero-order chi connectivity index (χ0) is 9.19. The molecular weight excluding hydrogens is 178 g/mol. The number of nitrogens with two attached hydrogens (primary N) is 1. The summed E-state index contributed by atoms with van der Waals surface area (Å²) in [5, 5.41) is 8.59. The number of thiol groups is 1. The fourth-order valence-electron chi connectivity index (χ4n) is 1.38. The molecule has 0 bridgehead atoms. The van der Waals surface area contributed by atoms with Crippen LogP contribution in [0.15, 0.2) is 0 Å². The van der Waals surface area contributed by atoms with Crippen LogP contribution in [0.1, 0.15) is 19.3 Å². The van der Waals surface area contributed by atoms with E-state index in [-0.39, 0.29) is 12.6 Å². The third kappa shape index (κ3) is 2.66. The van der Waals surface area contributed by atoms with Gasteiger partial charge in [0.15, 0.2) is 0 Å². The first-order chi connectivity index (χ1) is 5.52. The van der Waals surface area contributed by atoms with Crippen LogP contribution in [0.25, 0.3) is 0 Å². The SMILES string of the molecule is NC1CC(S)(CC(=O)O)CCO1. The van der Waals surface area contributed by atoms with Crippen LogP contribution in [-0.4, -0.2) is 28.7 Å². The third-order valence-corrected chi connectivity index (χ3v) is 2.53. The molecule has 70 valence electrons. The first-order valence-electron chi connectivity index (χ1n) is 3.83. The Balaban J connectivity index is 2.51. The molecule has 5 heteroatoms. The summed E-state index contributed by atoms with van der Waals surface area (Å²) in [6.07, 6.45) is 0.835. The molecule has 0 radical (unpaired) electrons. The molecule has 2 atom stereocenters. The largest absolute Gasteiger partial charge is 0.481 e. The Morgan fingerprint density at radius 1 is 1.83 bits per heavy atom. The average Bonchev–Trinajstić information content (AvgIpc) is 1.82. The zero-order valence-corrected chi connectivity index (χ0v) is 7.59. The molecule has 0 saturated carbocycles. The number of rotatable bonds is 2. The topological polar surface area (TPSA) is 72.6 Å². The quantitative estimate of drug-likeness (QED) is 0.546. The predicted octanol–water partition coefficient (Wildman–Crippen LogP) is 0.225. The Kier molecular flexibility index (Phi) is 2.98. The summed E-state index contributed by atoms with van der Waals surface area (Å²) < 4.78 is 4.61. The molecule has 0 aromatic carbocycles. The van der Waals surface area contributed by atoms with Crippen LogP contribution < -0.4 is 5.73 Å². The summed E-state index contributed by atoms with van der Waals surface area (Å²) in [5.41, 5.74) is 5.52. The number of hydrogen-bond donors (Lipinski definition) is 3. The second kappa shape index (κ2) is 3.64. The standard InChI is InChI=1S/C7H13NO3S/c8-5-3-7(12,1-2-11-5)4-6(9)10/h5,12H,1-4,8H2,(H,9,10). The van der Waals surface area contributed by atoms with Gasteiger partial charge in [-0.15, -0.1) is 0 Å². The van der Waals surface area contributed by atoms with Gasteiger partial charge >= 0.3 is 5.97 Å². The van der Waals surface area contributed by atoms with Gasteiger partial charge in [-0.3, -0.25) is 4.79 Å². The molecule has 1 heterocycles. The van der Waals surface area contributed by atoms with Gasteiger partial charge in [-0.25, -0.2) is 0 Å². The van der Waals surface area contributed by atoms with E-state index >= 15 is 0 Å². The second-order valence-electron chi connectivity index (χ2n) is 3.16. The molecule has 3 N–H and O–H groups in total. The van der Waals surface area contributed by atoms with E-state index in [1.165, 1.54) is 0 Å². The molecule has 1 aliphatic rings. The van der Waals surface area contributed by atoms with Crippen molar-refractivity contribution in [1.82, 2.24) is 0 Å². The maximum absolute atomic E-state index is 10.4. The van der Waals surface area contributed by atoms with Crippen molar-refractivity contribution >= 4 is 18.6 Å². The molecule has 0 amide bonds. The van der Waals surface area contributed by atoms with Crippen LogP contribution in [-0.2, 0) is 9.53 Å². The maximum Gasteiger partial charge on any atom is 0.304 e. The van der Waals surface area contributed by atoms with Crippen molar-refractivity contribution in [2.45, 2.75) is 30.2 Å². The van der Waals surface area contributed by atoms with Crippen LogP contribution in [0.2, 0.25) is 0 Å². The second-order valence-corrected chi connectivity index (χ2v) is 4.11. The third-order valence-electron chi connectivity index (χ3n) is 1.96. The highest BCUT2D eigenvalue weighted by atomic mass is 32.1. The Bertz CT molecular complexity index is 187. The molecule has 1 rings (SSSR count). The van der Waals surface area contributed by atoms with Crippen LogP contribution in [0.5, 0.6) is 0 Å². The van der Waals surface area contributed by atoms with Crippen molar-refractivity contribution in [2.24, 2.45) is 5.73 Å². The van der Waals surface area contributed by atoms with E-state index in [9.17, 15) is 4.79 Å². The Labute approximate surface area is 76.5 Å². The highest BCUT2D eigenvalue weighted by Crippen LogP contribution is 2.32. The maximum atomic E-state index is 10.4. The lowest BCUT2D eigenvalue weighted by Crippen LogP contribution is -2.42. The van der Waals surface area contributed by atoms with E-state index in [1.54, 1.807) is 0 Å². The minimum Gasteiger partial charge on any atom is -0.481 e. The minimum absolute atomic E-state index is 0.0488. The Morgan fingerprint density at radius 3 is 3.00 bits per heavy atom. The summed E-state index contributed by atoms with van der Waals surface area (Å²) in [4.78, 5) is 10.4. The number of aliphatic carboxylic acids is 1. The number of ether oxygens (including phenoxy) is 1. The van der Waals surface area contributed by atoms with Gasteiger partial charge in [-0.2, -0.15) is 12.6 Å². The number of carboxylic acid groups (broad SMARTS) is 1. The van der Waals surface area contributed by atoms with Gasteiger partial charge in [0.05, 0.1) is 6.42 Å². The predicted molar refractivity (Wildman–Crippen MR) is 47.1 cm³/mol. The summed E-state index contributed by atoms with van der Waals surface area (Å²) >= 11 is 4.31. The van der Waals surface area contributed by atoms with E-state index in [1.807, 2.05) is 0 Å². The first-order valence-corrected chi connectivity index (χ1v) is 4.28. The Hall–Kier alpha value is -0.260. The van der Waals surface area contributed by atoms with E-state index in [0.717, 1.165) is 0 Å². The van der Waals surface area contributed by atoms with E-state index in [4.69, 9.17) is 15.6 Å². The van der Waals surface area contributed by atoms with Gasteiger partial charge in [0.1, 0.15) is 6.23 Å². The van der Waals surface area contributed by atoms with Crippen LogP contribution >= 0.6 is 12.6 Å². The lowest BCUT2D eigenvalue weighted by atomic mass is 9.94. The van der Waals surface area contributed by atoms with E-state index in [0.29, 0.717) is 19.4 Å². The molecular formula is C7H13NO3S. The van der Waals surface area contributed by atoms with E-state index in [2.05, 4.69) is 12.6 Å². The van der Waals surface area contributed by atoms with Crippen molar-refractivity contribution < 1.29 is 14.6 Å². The minimum atomic E-state index is -0.834. The van der Waals surface area contributed by atoms with Crippen LogP contribution in [0.3, 0.4) is 0 Å². The summed E-state index contributed by atoms with van der Waals surface area (Å²) in [5.74, 6) is -0.834. The van der Waals surface area contributed by atoms with Crippen molar-refractivity contribution in [3.63, 3.8) is 0 Å². The zero-order valence-electron chi connectivity index (χ0n) is 6.69. The lowest BCUT2D eigenvalue weighted by molar-refractivity contribution is -0.138. The normalized spacial score (nSPS) is 36.3. The fraction of sp³-hybridized carbons (Fsp3) is 0.857. The van der Waals surface area contributed by atoms with Gasteiger partial charge in [0, 0.05) is 17.8 Å². The van der Waals surface area contributed by atoms with Crippen LogP contribution in [0.4, 0.5) is 0 Å². The fourth-order valence-corrected chi connectivity index (χ4v) is 1.78. The van der Waals surface area contributed by atoms with Gasteiger partial charge in [-0.1, -0.05) is 0 Å². The molecule has 0 spiro atoms. The molecule has 2 unspecified atom stereocenters. The molecule has 0 aliphatic carbocycles. The number of hydrogen-bond acceptors (Lipinski definition) is 4. The molecule has 1 fully saturated rings.